The van der Waals surface area contributed by atoms with E-state index >= 15 is 0 Å². The third-order valence-corrected chi connectivity index (χ3v) is 5.00. The van der Waals surface area contributed by atoms with Crippen LogP contribution in [0.2, 0.25) is 0 Å². The monoisotopic (exact) mass is 375 g/mol. The van der Waals surface area contributed by atoms with Crippen LogP contribution in [-0.2, 0) is 19.6 Å². The van der Waals surface area contributed by atoms with Crippen LogP contribution in [0.5, 0.6) is 0 Å². The molecule has 0 spiro atoms. The number of nitrogens with one attached hydrogen (secondary N) is 3. The molecule has 0 aliphatic carbocycles. The minimum Gasteiger partial charge on any atom is -0.348 e. The van der Waals surface area contributed by atoms with Gasteiger partial charge in [0.1, 0.15) is 0 Å². The minimum absolute atomic E-state index is 0.00973. The van der Waals surface area contributed by atoms with Crippen molar-refractivity contribution in [2.75, 3.05) is 11.9 Å². The molecule has 2 amide bonds. The molecule has 8 heteroatoms. The second kappa shape index (κ2) is 8.59. The topological polar surface area (TPSA) is 104 Å². The van der Waals surface area contributed by atoms with E-state index < -0.39 is 15.9 Å². The quantitative estimate of drug-likeness (QED) is 0.686. The lowest BCUT2D eigenvalue weighted by atomic mass is 10.1. The lowest BCUT2D eigenvalue weighted by molar-refractivity contribution is -0.120. The van der Waals surface area contributed by atoms with Gasteiger partial charge in [-0.3, -0.25) is 9.59 Å². The Kier molecular flexibility index (Phi) is 6.48. The molecule has 138 valence electrons. The minimum atomic E-state index is -3.82. The molecule has 0 aliphatic heterocycles. The fourth-order valence-corrected chi connectivity index (χ4v) is 3.26. The highest BCUT2D eigenvalue weighted by atomic mass is 32.2. The van der Waals surface area contributed by atoms with Gasteiger partial charge in [0.25, 0.3) is 0 Å². The zero-order valence-electron chi connectivity index (χ0n) is 14.5. The number of carbonyl (C=O) groups is 2. The Labute approximate surface area is 152 Å². The van der Waals surface area contributed by atoms with Crippen LogP contribution in [0.4, 0.5) is 5.69 Å². The molecule has 0 heterocycles. The summed E-state index contributed by atoms with van der Waals surface area (Å²) in [5.41, 5.74) is 1.42. The third-order valence-electron chi connectivity index (χ3n) is 3.58. The molecular weight excluding hydrogens is 354 g/mol. The smallest absolute Gasteiger partial charge is 0.241 e. The van der Waals surface area contributed by atoms with Crippen molar-refractivity contribution in [3.63, 3.8) is 0 Å². The van der Waals surface area contributed by atoms with E-state index in [1.165, 1.54) is 31.2 Å². The van der Waals surface area contributed by atoms with Gasteiger partial charge in [-0.05, 0) is 36.8 Å². The van der Waals surface area contributed by atoms with Gasteiger partial charge in [-0.15, -0.1) is 0 Å². The number of hydrogen-bond acceptors (Lipinski definition) is 4. The summed E-state index contributed by atoms with van der Waals surface area (Å²) in [7, 11) is -3.82. The highest BCUT2D eigenvalue weighted by Gasteiger charge is 2.16. The molecule has 0 saturated carbocycles. The van der Waals surface area contributed by atoms with Crippen molar-refractivity contribution in [3.8, 4) is 0 Å². The summed E-state index contributed by atoms with van der Waals surface area (Å²) in [5.74, 6) is -0.678. The molecule has 0 saturated heterocycles. The van der Waals surface area contributed by atoms with Gasteiger partial charge in [-0.2, -0.15) is 0 Å². The summed E-state index contributed by atoms with van der Waals surface area (Å²) < 4.78 is 26.8. The highest BCUT2D eigenvalue weighted by molar-refractivity contribution is 7.89. The van der Waals surface area contributed by atoms with Gasteiger partial charge in [0, 0.05) is 12.6 Å². The first-order valence-electron chi connectivity index (χ1n) is 7.99. The van der Waals surface area contributed by atoms with Crippen molar-refractivity contribution < 1.29 is 18.0 Å². The molecule has 0 fully saturated rings. The first-order valence-corrected chi connectivity index (χ1v) is 9.48. The number of anilines is 1. The lowest BCUT2D eigenvalue weighted by Gasteiger charge is -2.14. The van der Waals surface area contributed by atoms with Crippen LogP contribution >= 0.6 is 0 Å². The number of amides is 2. The standard InChI is InChI=1S/C18H21N3O4S/c1-13(15-6-4-3-5-7-15)20-18(23)12-19-26(24,25)17-10-8-16(9-11-17)21-14(2)22/h3-11,13,19H,12H2,1-2H3,(H,20,23)(H,21,22). The van der Waals surface area contributed by atoms with Gasteiger partial charge < -0.3 is 10.6 Å². The number of carbonyl (C=O) groups excluding carboxylic acids is 2. The van der Waals surface area contributed by atoms with Crippen molar-refractivity contribution in [1.82, 2.24) is 10.0 Å². The maximum absolute atomic E-state index is 12.2. The van der Waals surface area contributed by atoms with Crippen molar-refractivity contribution in [1.29, 1.82) is 0 Å². The predicted octanol–water partition coefficient (Wildman–Crippen LogP) is 1.80. The third kappa shape index (κ3) is 5.68. The molecule has 1 atom stereocenters. The van der Waals surface area contributed by atoms with Gasteiger partial charge in [0.2, 0.25) is 21.8 Å². The number of benzene rings is 2. The fourth-order valence-electron chi connectivity index (χ4n) is 2.28. The number of rotatable bonds is 7. The van der Waals surface area contributed by atoms with Crippen LogP contribution in [-0.4, -0.2) is 26.8 Å². The van der Waals surface area contributed by atoms with Gasteiger partial charge in [0.15, 0.2) is 0 Å². The van der Waals surface area contributed by atoms with Crippen LogP contribution in [0.25, 0.3) is 0 Å². The maximum atomic E-state index is 12.2. The molecular formula is C18H21N3O4S. The summed E-state index contributed by atoms with van der Waals surface area (Å²) >= 11 is 0. The Morgan fingerprint density at radius 3 is 2.19 bits per heavy atom. The molecule has 2 aromatic rings. The van der Waals surface area contributed by atoms with Crippen molar-refractivity contribution in [2.45, 2.75) is 24.8 Å². The summed E-state index contributed by atoms with van der Waals surface area (Å²) in [4.78, 5) is 23.0. The molecule has 0 aliphatic rings. The molecule has 2 aromatic carbocycles. The van der Waals surface area contributed by atoms with E-state index in [2.05, 4.69) is 15.4 Å². The van der Waals surface area contributed by atoms with Crippen molar-refractivity contribution in [2.24, 2.45) is 0 Å². The molecule has 2 rings (SSSR count). The average molecular weight is 375 g/mol. The second-order valence-corrected chi connectivity index (χ2v) is 7.50. The van der Waals surface area contributed by atoms with Crippen LogP contribution in [0.15, 0.2) is 59.5 Å². The SMILES string of the molecule is CC(=O)Nc1ccc(S(=O)(=O)NCC(=O)NC(C)c2ccccc2)cc1. The Morgan fingerprint density at radius 2 is 1.62 bits per heavy atom. The maximum Gasteiger partial charge on any atom is 0.241 e. The normalized spacial score (nSPS) is 12.2. The second-order valence-electron chi connectivity index (χ2n) is 5.73. The van der Waals surface area contributed by atoms with Gasteiger partial charge in [0.05, 0.1) is 17.5 Å². The Balaban J connectivity index is 1.92. The average Bonchev–Trinajstić information content (AvgIpc) is 2.61. The van der Waals surface area contributed by atoms with E-state index in [9.17, 15) is 18.0 Å². The van der Waals surface area contributed by atoms with E-state index in [-0.39, 0.29) is 23.4 Å². The number of hydrogen-bond donors (Lipinski definition) is 3. The molecule has 0 aromatic heterocycles. The van der Waals surface area contributed by atoms with E-state index in [0.717, 1.165) is 5.56 Å². The Morgan fingerprint density at radius 1 is 1.00 bits per heavy atom. The summed E-state index contributed by atoms with van der Waals surface area (Å²) in [6.07, 6.45) is 0. The van der Waals surface area contributed by atoms with Gasteiger partial charge in [-0.1, -0.05) is 30.3 Å². The largest absolute Gasteiger partial charge is 0.348 e. The van der Waals surface area contributed by atoms with Crippen molar-refractivity contribution >= 4 is 27.5 Å². The summed E-state index contributed by atoms with van der Waals surface area (Å²) in [6, 6.07) is 14.8. The molecule has 0 bridgehead atoms. The molecule has 0 radical (unpaired) electrons. The van der Waals surface area contributed by atoms with E-state index in [1.54, 1.807) is 0 Å². The molecule has 3 N–H and O–H groups in total. The predicted molar refractivity (Wildman–Crippen MR) is 98.9 cm³/mol. The van der Waals surface area contributed by atoms with E-state index in [0.29, 0.717) is 5.69 Å². The zero-order valence-corrected chi connectivity index (χ0v) is 15.3. The number of sulfonamides is 1. The van der Waals surface area contributed by atoms with Crippen molar-refractivity contribution in [3.05, 3.63) is 60.2 Å². The Hall–Kier alpha value is -2.71. The van der Waals surface area contributed by atoms with E-state index in [1.807, 2.05) is 37.3 Å². The summed E-state index contributed by atoms with van der Waals surface area (Å²) in [5, 5.41) is 5.29. The summed E-state index contributed by atoms with van der Waals surface area (Å²) in [6.45, 7) is 2.82. The van der Waals surface area contributed by atoms with Crippen LogP contribution in [0.1, 0.15) is 25.5 Å². The Bertz CT molecular complexity index is 865. The molecule has 26 heavy (non-hydrogen) atoms. The first kappa shape index (κ1) is 19.6. The first-order chi connectivity index (χ1) is 12.3. The van der Waals surface area contributed by atoms with Crippen LogP contribution < -0.4 is 15.4 Å². The van der Waals surface area contributed by atoms with Gasteiger partial charge >= 0.3 is 0 Å². The molecule has 7 nitrogen and oxygen atoms in total. The zero-order chi connectivity index (χ0) is 19.2. The molecule has 1 unspecified atom stereocenters. The lowest BCUT2D eigenvalue weighted by Crippen LogP contribution is -2.38. The van der Waals surface area contributed by atoms with E-state index in [4.69, 9.17) is 0 Å². The fraction of sp³-hybridized carbons (Fsp3) is 0.222. The van der Waals surface area contributed by atoms with Gasteiger partial charge in [-0.25, -0.2) is 13.1 Å². The van der Waals surface area contributed by atoms with Crippen LogP contribution in [0.3, 0.4) is 0 Å². The highest BCUT2D eigenvalue weighted by Crippen LogP contribution is 2.14. The van der Waals surface area contributed by atoms with Crippen LogP contribution in [0, 0.1) is 0 Å².